The predicted octanol–water partition coefficient (Wildman–Crippen LogP) is 1.24. The smallest absolute Gasteiger partial charge is 0.366 e. The molecule has 0 amide bonds. The molecule has 1 N–H and O–H groups in total. The van der Waals surface area contributed by atoms with Crippen molar-refractivity contribution < 1.29 is 31.1 Å². The van der Waals surface area contributed by atoms with Gasteiger partial charge < -0.3 is 4.74 Å². The first-order valence-corrected chi connectivity index (χ1v) is 7.85. The maximum atomic E-state index is 12.0. The fourth-order valence-electron chi connectivity index (χ4n) is 2.11. The monoisotopic (exact) mass is 317 g/mol. The van der Waals surface area contributed by atoms with Crippen molar-refractivity contribution in [1.82, 2.24) is 4.72 Å². The zero-order valence-electron chi connectivity index (χ0n) is 11.2. The molecule has 0 aromatic rings. The lowest BCUT2D eigenvalue weighted by atomic mass is 9.99. The highest BCUT2D eigenvalue weighted by Gasteiger charge is 2.36. The van der Waals surface area contributed by atoms with Gasteiger partial charge in [0.2, 0.25) is 10.0 Å². The van der Waals surface area contributed by atoms with E-state index in [9.17, 15) is 26.4 Å². The summed E-state index contributed by atoms with van der Waals surface area (Å²) in [6.45, 7) is 3.08. The lowest BCUT2D eigenvalue weighted by Gasteiger charge is -2.13. The van der Waals surface area contributed by atoms with E-state index in [1.807, 2.05) is 6.92 Å². The molecule has 3 atom stereocenters. The second kappa shape index (κ2) is 6.40. The number of ketones is 1. The molecule has 5 nitrogen and oxygen atoms in total. The van der Waals surface area contributed by atoms with Gasteiger partial charge in [-0.25, -0.2) is 13.1 Å². The van der Waals surface area contributed by atoms with Gasteiger partial charge in [-0.3, -0.25) is 4.79 Å². The van der Waals surface area contributed by atoms with E-state index in [1.165, 1.54) is 6.92 Å². The van der Waals surface area contributed by atoms with E-state index in [-0.39, 0.29) is 18.2 Å². The fourth-order valence-corrected chi connectivity index (χ4v) is 3.19. The van der Waals surface area contributed by atoms with E-state index >= 15 is 0 Å². The molecule has 0 radical (unpaired) electrons. The summed E-state index contributed by atoms with van der Waals surface area (Å²) in [6.07, 6.45) is -6.46. The largest absolute Gasteiger partial charge is 0.390 e. The highest BCUT2D eigenvalue weighted by molar-refractivity contribution is 7.89. The van der Waals surface area contributed by atoms with E-state index in [1.54, 1.807) is 0 Å². The van der Waals surface area contributed by atoms with Crippen molar-refractivity contribution in [2.75, 3.05) is 12.3 Å². The van der Waals surface area contributed by atoms with Crippen molar-refractivity contribution >= 4 is 15.8 Å². The number of halogens is 3. The highest BCUT2D eigenvalue weighted by Crippen LogP contribution is 2.26. The second-order valence-corrected chi connectivity index (χ2v) is 6.96. The molecule has 0 aromatic heterocycles. The van der Waals surface area contributed by atoms with E-state index in [0.29, 0.717) is 6.42 Å². The number of nitrogens with one attached hydrogen (secondary N) is 1. The number of hydrogen-bond acceptors (Lipinski definition) is 4. The summed E-state index contributed by atoms with van der Waals surface area (Å²) in [7, 11) is -3.99. The molecule has 0 aliphatic carbocycles. The number of rotatable bonds is 6. The maximum Gasteiger partial charge on any atom is 0.390 e. The first-order chi connectivity index (χ1) is 9.00. The number of alkyl halides is 3. The van der Waals surface area contributed by atoms with Gasteiger partial charge in [-0.15, -0.1) is 0 Å². The molecular formula is C11H18F3NO4S. The molecule has 0 bridgehead atoms. The summed E-state index contributed by atoms with van der Waals surface area (Å²) in [5, 5.41) is 0. The minimum Gasteiger partial charge on any atom is -0.366 e. The Balaban J connectivity index is 2.42. The molecule has 1 heterocycles. The third kappa shape index (κ3) is 5.76. The van der Waals surface area contributed by atoms with E-state index in [4.69, 9.17) is 4.74 Å². The summed E-state index contributed by atoms with van der Waals surface area (Å²) in [5.41, 5.74) is 0. The van der Waals surface area contributed by atoms with Gasteiger partial charge in [0.1, 0.15) is 6.10 Å². The van der Waals surface area contributed by atoms with Gasteiger partial charge in [0, 0.05) is 6.54 Å². The quantitative estimate of drug-likeness (QED) is 0.800. The van der Waals surface area contributed by atoms with Crippen molar-refractivity contribution in [2.45, 2.75) is 45.1 Å². The van der Waals surface area contributed by atoms with Crippen LogP contribution in [0.3, 0.4) is 0 Å². The van der Waals surface area contributed by atoms with Crippen molar-refractivity contribution in [3.63, 3.8) is 0 Å². The van der Waals surface area contributed by atoms with Crippen molar-refractivity contribution in [3.05, 3.63) is 0 Å². The zero-order valence-corrected chi connectivity index (χ0v) is 12.1. The number of ether oxygens (including phenoxy) is 1. The Kier molecular flexibility index (Phi) is 5.56. The Bertz CT molecular complexity index is 449. The third-order valence-electron chi connectivity index (χ3n) is 3.08. The van der Waals surface area contributed by atoms with Crippen LogP contribution in [0.4, 0.5) is 13.2 Å². The topological polar surface area (TPSA) is 72.5 Å². The molecule has 1 fully saturated rings. The van der Waals surface area contributed by atoms with Gasteiger partial charge in [-0.2, -0.15) is 13.2 Å². The molecule has 3 unspecified atom stereocenters. The van der Waals surface area contributed by atoms with E-state index < -0.39 is 40.6 Å². The molecule has 9 heteroatoms. The molecule has 0 aromatic carbocycles. The molecule has 1 rings (SSSR count). The number of carbonyl (C=O) groups excluding carboxylic acids is 1. The number of carbonyl (C=O) groups is 1. The molecule has 0 saturated carbocycles. The van der Waals surface area contributed by atoms with Crippen LogP contribution in [0.15, 0.2) is 0 Å². The molecule has 1 aliphatic rings. The van der Waals surface area contributed by atoms with E-state index in [2.05, 4.69) is 4.72 Å². The number of sulfonamides is 1. The zero-order chi connectivity index (χ0) is 15.6. The van der Waals surface area contributed by atoms with Gasteiger partial charge in [-0.05, 0) is 19.3 Å². The van der Waals surface area contributed by atoms with Crippen LogP contribution in [-0.2, 0) is 19.6 Å². The number of hydrogen-bond donors (Lipinski definition) is 1. The summed E-state index contributed by atoms with van der Waals surface area (Å²) >= 11 is 0. The van der Waals surface area contributed by atoms with Gasteiger partial charge in [0.05, 0.1) is 18.3 Å². The average Bonchev–Trinajstić information content (AvgIpc) is 2.65. The van der Waals surface area contributed by atoms with Crippen molar-refractivity contribution in [3.8, 4) is 0 Å². The first-order valence-electron chi connectivity index (χ1n) is 6.20. The minimum atomic E-state index is -4.51. The summed E-state index contributed by atoms with van der Waals surface area (Å²) in [6, 6.07) is 0. The van der Waals surface area contributed by atoms with Gasteiger partial charge in [-0.1, -0.05) is 6.92 Å². The van der Waals surface area contributed by atoms with Crippen LogP contribution in [0.25, 0.3) is 0 Å². The average molecular weight is 317 g/mol. The molecular weight excluding hydrogens is 299 g/mol. The van der Waals surface area contributed by atoms with Crippen molar-refractivity contribution in [1.29, 1.82) is 0 Å². The van der Waals surface area contributed by atoms with Gasteiger partial charge in [0.25, 0.3) is 0 Å². The summed E-state index contributed by atoms with van der Waals surface area (Å²) in [5.74, 6) is -1.17. The Morgan fingerprint density at radius 3 is 2.45 bits per heavy atom. The Morgan fingerprint density at radius 2 is 2.00 bits per heavy atom. The molecule has 118 valence electrons. The molecule has 20 heavy (non-hydrogen) atoms. The van der Waals surface area contributed by atoms with Crippen LogP contribution >= 0.6 is 0 Å². The van der Waals surface area contributed by atoms with Crippen LogP contribution < -0.4 is 4.72 Å². The van der Waals surface area contributed by atoms with Crippen LogP contribution in [0, 0.1) is 5.92 Å². The summed E-state index contributed by atoms with van der Waals surface area (Å²) in [4.78, 5) is 11.2. The standard InChI is InChI=1S/C11H18F3NO4S/c1-7-5-9(19-10(7)8(2)16)6-15-20(17,18)4-3-11(12,13)14/h7,9-10,15H,3-6H2,1-2H3. The van der Waals surface area contributed by atoms with Crippen LogP contribution in [-0.4, -0.2) is 44.9 Å². The Morgan fingerprint density at radius 1 is 1.40 bits per heavy atom. The van der Waals surface area contributed by atoms with E-state index in [0.717, 1.165) is 0 Å². The lowest BCUT2D eigenvalue weighted by molar-refractivity contribution is -0.130. The molecule has 0 spiro atoms. The predicted molar refractivity (Wildman–Crippen MR) is 65.6 cm³/mol. The summed E-state index contributed by atoms with van der Waals surface area (Å²) < 4.78 is 66.2. The molecule has 1 saturated heterocycles. The number of Topliss-reactive ketones (excluding diaryl/α,β-unsaturated/α-hetero) is 1. The van der Waals surface area contributed by atoms with Gasteiger partial charge in [0.15, 0.2) is 5.78 Å². The van der Waals surface area contributed by atoms with Crippen LogP contribution in [0.5, 0.6) is 0 Å². The Hall–Kier alpha value is -0.670. The molecule has 1 aliphatic heterocycles. The second-order valence-electron chi connectivity index (χ2n) is 5.03. The maximum absolute atomic E-state index is 12.0. The first kappa shape index (κ1) is 17.4. The highest BCUT2D eigenvalue weighted by atomic mass is 32.2. The van der Waals surface area contributed by atoms with Crippen LogP contribution in [0.2, 0.25) is 0 Å². The normalized spacial score (nSPS) is 27.8. The van der Waals surface area contributed by atoms with Crippen molar-refractivity contribution in [2.24, 2.45) is 5.92 Å². The van der Waals surface area contributed by atoms with Crippen LogP contribution in [0.1, 0.15) is 26.7 Å². The fraction of sp³-hybridized carbons (Fsp3) is 0.909. The Labute approximate surface area is 115 Å². The van der Waals surface area contributed by atoms with Gasteiger partial charge >= 0.3 is 6.18 Å². The SMILES string of the molecule is CC(=O)C1OC(CNS(=O)(=O)CCC(F)(F)F)CC1C. The lowest BCUT2D eigenvalue weighted by Crippen LogP contribution is -2.35. The third-order valence-corrected chi connectivity index (χ3v) is 4.42. The minimum absolute atomic E-state index is 0.0304.